The number of anilines is 1. The van der Waals surface area contributed by atoms with Gasteiger partial charge in [0.15, 0.2) is 11.5 Å². The standard InChI is InChI=1S/C15H8FN2O6/c16-7-1-2-9-11(3-7)24-14(15(19)17-9)8-4-12-13(23-6-22-12)5-10(8)18(20)21/h2-5,14H,6H2,(H,17,19). The fourth-order valence-corrected chi connectivity index (χ4v) is 2.54. The van der Waals surface area contributed by atoms with Gasteiger partial charge in [0, 0.05) is 12.1 Å². The van der Waals surface area contributed by atoms with Crippen LogP contribution < -0.4 is 19.5 Å². The van der Waals surface area contributed by atoms with Crippen LogP contribution in [0, 0.1) is 22.0 Å². The first-order valence-corrected chi connectivity index (χ1v) is 6.79. The van der Waals surface area contributed by atoms with Gasteiger partial charge in [0.1, 0.15) is 11.6 Å². The van der Waals surface area contributed by atoms with Crippen LogP contribution in [-0.2, 0) is 4.79 Å². The molecule has 2 aliphatic heterocycles. The molecular weight excluding hydrogens is 323 g/mol. The second-order valence-corrected chi connectivity index (χ2v) is 5.07. The van der Waals surface area contributed by atoms with Gasteiger partial charge in [-0.1, -0.05) is 0 Å². The smallest absolute Gasteiger partial charge is 0.280 e. The number of halogens is 1. The minimum atomic E-state index is -1.32. The van der Waals surface area contributed by atoms with E-state index in [1.165, 1.54) is 18.2 Å². The Labute approximate surface area is 133 Å². The van der Waals surface area contributed by atoms with Crippen LogP contribution in [0.15, 0.2) is 24.3 Å². The summed E-state index contributed by atoms with van der Waals surface area (Å²) in [4.78, 5) is 23.0. The molecule has 121 valence electrons. The third-order valence-corrected chi connectivity index (χ3v) is 3.62. The van der Waals surface area contributed by atoms with Gasteiger partial charge in [-0.15, -0.1) is 0 Å². The molecule has 0 aromatic heterocycles. The van der Waals surface area contributed by atoms with E-state index >= 15 is 0 Å². The highest BCUT2D eigenvalue weighted by atomic mass is 19.1. The zero-order chi connectivity index (χ0) is 16.8. The van der Waals surface area contributed by atoms with Crippen molar-refractivity contribution in [2.24, 2.45) is 0 Å². The summed E-state index contributed by atoms with van der Waals surface area (Å²) in [5.74, 6) is -0.760. The fraction of sp³-hybridized carbons (Fsp3) is 0.133. The number of benzene rings is 2. The van der Waals surface area contributed by atoms with Crippen molar-refractivity contribution in [3.8, 4) is 17.2 Å². The topological polar surface area (TPSA) is 99.9 Å². The van der Waals surface area contributed by atoms with Crippen LogP contribution in [0.3, 0.4) is 0 Å². The molecule has 0 saturated carbocycles. The highest BCUT2D eigenvalue weighted by molar-refractivity contribution is 5.99. The number of carbonyl (C=O) groups excluding carboxylic acids is 1. The van der Waals surface area contributed by atoms with E-state index in [0.717, 1.165) is 6.07 Å². The van der Waals surface area contributed by atoms with E-state index in [-0.39, 0.29) is 41.0 Å². The Morgan fingerprint density at radius 2 is 2.00 bits per heavy atom. The first-order valence-electron chi connectivity index (χ1n) is 6.79. The minimum absolute atomic E-state index is 0.0133. The first-order chi connectivity index (χ1) is 11.5. The maximum atomic E-state index is 13.3. The van der Waals surface area contributed by atoms with E-state index in [1.54, 1.807) is 0 Å². The van der Waals surface area contributed by atoms with Crippen LogP contribution in [0.4, 0.5) is 15.8 Å². The number of nitro benzene ring substituents is 1. The lowest BCUT2D eigenvalue weighted by molar-refractivity contribution is -0.386. The summed E-state index contributed by atoms with van der Waals surface area (Å²) in [7, 11) is 0. The predicted octanol–water partition coefficient (Wildman–Crippen LogP) is 2.33. The highest BCUT2D eigenvalue weighted by Gasteiger charge is 2.36. The lowest BCUT2D eigenvalue weighted by atomic mass is 10.0. The summed E-state index contributed by atoms with van der Waals surface area (Å²) >= 11 is 0. The molecule has 1 N–H and O–H groups in total. The lowest BCUT2D eigenvalue weighted by Crippen LogP contribution is -2.30. The van der Waals surface area contributed by atoms with Crippen molar-refractivity contribution in [1.29, 1.82) is 0 Å². The van der Waals surface area contributed by atoms with E-state index in [9.17, 15) is 19.3 Å². The number of rotatable bonds is 2. The molecule has 2 aromatic rings. The monoisotopic (exact) mass is 331 g/mol. The van der Waals surface area contributed by atoms with Gasteiger partial charge in [-0.05, 0) is 12.1 Å². The normalized spacial score (nSPS) is 17.7. The Kier molecular flexibility index (Phi) is 3.02. The second kappa shape index (κ2) is 5.08. The zero-order valence-corrected chi connectivity index (χ0v) is 11.9. The molecule has 24 heavy (non-hydrogen) atoms. The van der Waals surface area contributed by atoms with Gasteiger partial charge in [0.05, 0.1) is 22.2 Å². The molecule has 0 bridgehead atoms. The Hall–Kier alpha value is -3.36. The van der Waals surface area contributed by atoms with E-state index in [0.29, 0.717) is 0 Å². The molecule has 0 saturated heterocycles. The SMILES string of the molecule is O=C1Nc2c[c]c(F)cc2OC1c1cc2c(cc1[N+](=O)[O-])OCO2. The number of hydrogen-bond donors (Lipinski definition) is 1. The maximum absolute atomic E-state index is 13.3. The second-order valence-electron chi connectivity index (χ2n) is 5.07. The molecular formula is C15H8FN2O6. The van der Waals surface area contributed by atoms with Crippen molar-refractivity contribution in [2.75, 3.05) is 12.1 Å². The third kappa shape index (κ3) is 2.18. The Morgan fingerprint density at radius 3 is 2.75 bits per heavy atom. The minimum Gasteiger partial charge on any atom is -0.473 e. The molecule has 1 amide bonds. The summed E-state index contributed by atoms with van der Waals surface area (Å²) in [5.41, 5.74) is -0.132. The van der Waals surface area contributed by atoms with Crippen molar-refractivity contribution in [1.82, 2.24) is 0 Å². The van der Waals surface area contributed by atoms with Crippen molar-refractivity contribution >= 4 is 17.3 Å². The molecule has 1 radical (unpaired) electrons. The number of hydrogen-bond acceptors (Lipinski definition) is 6. The molecule has 8 nitrogen and oxygen atoms in total. The molecule has 1 atom stereocenters. The molecule has 2 aromatic carbocycles. The van der Waals surface area contributed by atoms with Crippen LogP contribution in [0.5, 0.6) is 17.2 Å². The third-order valence-electron chi connectivity index (χ3n) is 3.62. The molecule has 2 aliphatic rings. The number of amides is 1. The van der Waals surface area contributed by atoms with Gasteiger partial charge in [-0.3, -0.25) is 14.9 Å². The average molecular weight is 331 g/mol. The van der Waals surface area contributed by atoms with E-state index in [4.69, 9.17) is 14.2 Å². The Morgan fingerprint density at radius 1 is 1.25 bits per heavy atom. The van der Waals surface area contributed by atoms with Crippen molar-refractivity contribution in [2.45, 2.75) is 6.10 Å². The van der Waals surface area contributed by atoms with Gasteiger partial charge in [0.2, 0.25) is 12.9 Å². The lowest BCUT2D eigenvalue weighted by Gasteiger charge is -2.25. The van der Waals surface area contributed by atoms with Gasteiger partial charge >= 0.3 is 0 Å². The van der Waals surface area contributed by atoms with Crippen molar-refractivity contribution < 1.29 is 28.3 Å². The Bertz CT molecular complexity index is 885. The van der Waals surface area contributed by atoms with Crippen LogP contribution in [0.25, 0.3) is 0 Å². The summed E-state index contributed by atoms with van der Waals surface area (Å²) in [5, 5.41) is 13.8. The number of nitrogens with zero attached hydrogens (tertiary/aromatic N) is 1. The van der Waals surface area contributed by atoms with Crippen LogP contribution in [0.1, 0.15) is 11.7 Å². The van der Waals surface area contributed by atoms with Gasteiger partial charge in [-0.25, -0.2) is 4.39 Å². The number of nitro groups is 1. The molecule has 0 spiro atoms. The summed E-state index contributed by atoms with van der Waals surface area (Å²) in [6.45, 7) is -0.0719. The van der Waals surface area contributed by atoms with E-state index in [2.05, 4.69) is 11.4 Å². The number of fused-ring (bicyclic) bond motifs is 2. The average Bonchev–Trinajstić information content (AvgIpc) is 3.00. The zero-order valence-electron chi connectivity index (χ0n) is 11.9. The van der Waals surface area contributed by atoms with Gasteiger partial charge in [0.25, 0.3) is 11.6 Å². The Balaban J connectivity index is 1.81. The predicted molar refractivity (Wildman–Crippen MR) is 76.5 cm³/mol. The molecule has 0 fully saturated rings. The molecule has 0 aliphatic carbocycles. The van der Waals surface area contributed by atoms with E-state index in [1.807, 2.05) is 0 Å². The van der Waals surface area contributed by atoms with E-state index < -0.39 is 22.8 Å². The fourth-order valence-electron chi connectivity index (χ4n) is 2.54. The summed E-state index contributed by atoms with van der Waals surface area (Å²) < 4.78 is 29.1. The van der Waals surface area contributed by atoms with Crippen molar-refractivity contribution in [3.05, 3.63) is 51.8 Å². The van der Waals surface area contributed by atoms with Gasteiger partial charge in [-0.2, -0.15) is 0 Å². The molecule has 4 rings (SSSR count). The maximum Gasteiger partial charge on any atom is 0.280 e. The highest BCUT2D eigenvalue weighted by Crippen LogP contribution is 2.43. The summed E-state index contributed by atoms with van der Waals surface area (Å²) in [6.07, 6.45) is -1.32. The molecule has 1 unspecified atom stereocenters. The van der Waals surface area contributed by atoms with Crippen molar-refractivity contribution in [3.63, 3.8) is 0 Å². The van der Waals surface area contributed by atoms with Crippen LogP contribution in [-0.4, -0.2) is 17.6 Å². The summed E-state index contributed by atoms with van der Waals surface area (Å²) in [6, 6.07) is 7.05. The van der Waals surface area contributed by atoms with Gasteiger partial charge < -0.3 is 19.5 Å². The largest absolute Gasteiger partial charge is 0.473 e. The van der Waals surface area contributed by atoms with Crippen LogP contribution >= 0.6 is 0 Å². The number of carbonyl (C=O) groups is 1. The number of nitrogens with one attached hydrogen (secondary N) is 1. The molecule has 9 heteroatoms. The number of ether oxygens (including phenoxy) is 3. The molecule has 2 heterocycles. The first kappa shape index (κ1) is 14.2. The quantitative estimate of drug-likeness (QED) is 0.670. The van der Waals surface area contributed by atoms with Crippen LogP contribution in [0.2, 0.25) is 0 Å².